The molecule has 2 rings (SSSR count). The summed E-state index contributed by atoms with van der Waals surface area (Å²) >= 11 is 0. The number of rotatable bonds is 7. The highest BCUT2D eigenvalue weighted by Crippen LogP contribution is 2.22. The molecular weight excluding hydrogens is 258 g/mol. The van der Waals surface area contributed by atoms with Crippen LogP contribution in [0.2, 0.25) is 0 Å². The minimum absolute atomic E-state index is 0.164. The molecule has 1 saturated heterocycles. The third-order valence-corrected chi connectivity index (χ3v) is 3.35. The molecule has 5 heteroatoms. The molecule has 106 valence electrons. The molecule has 1 N–H and O–H groups in total. The summed E-state index contributed by atoms with van der Waals surface area (Å²) in [6.07, 6.45) is 1.06. The van der Waals surface area contributed by atoms with Crippen molar-refractivity contribution in [1.82, 2.24) is 0 Å². The molecule has 1 unspecified atom stereocenters. The lowest BCUT2D eigenvalue weighted by atomic mass is 9.94. The summed E-state index contributed by atoms with van der Waals surface area (Å²) in [5.41, 5.74) is 1.22. The molecule has 1 fully saturated rings. The van der Waals surface area contributed by atoms with Gasteiger partial charge < -0.3 is 14.6 Å². The number of hydrogen-bond acceptors (Lipinski definition) is 4. The first-order valence-electron chi connectivity index (χ1n) is 6.64. The van der Waals surface area contributed by atoms with Crippen LogP contribution in [0.4, 0.5) is 0 Å². The average Bonchev–Trinajstić information content (AvgIpc) is 3.26. The van der Waals surface area contributed by atoms with Crippen LogP contribution in [0.1, 0.15) is 24.5 Å². The van der Waals surface area contributed by atoms with E-state index in [1.165, 1.54) is 0 Å². The van der Waals surface area contributed by atoms with Crippen LogP contribution in [0.3, 0.4) is 0 Å². The Labute approximate surface area is 117 Å². The van der Waals surface area contributed by atoms with Crippen LogP contribution in [-0.4, -0.2) is 30.4 Å². The van der Waals surface area contributed by atoms with E-state index in [4.69, 9.17) is 14.6 Å². The van der Waals surface area contributed by atoms with Gasteiger partial charge in [-0.1, -0.05) is 13.0 Å². The van der Waals surface area contributed by atoms with Gasteiger partial charge in [0, 0.05) is 0 Å². The summed E-state index contributed by atoms with van der Waals surface area (Å²) in [6.45, 7) is 3.04. The van der Waals surface area contributed by atoms with Gasteiger partial charge in [0.25, 0.3) is 0 Å². The van der Waals surface area contributed by atoms with Crippen molar-refractivity contribution in [2.24, 2.45) is 5.92 Å². The molecule has 1 aliphatic heterocycles. The second-order valence-corrected chi connectivity index (χ2v) is 4.84. The van der Waals surface area contributed by atoms with Gasteiger partial charge in [-0.15, -0.1) is 0 Å². The number of benzene rings is 1. The topological polar surface area (TPSA) is 82.8 Å². The zero-order valence-electron chi connectivity index (χ0n) is 11.3. The van der Waals surface area contributed by atoms with E-state index < -0.39 is 11.9 Å². The number of carboxylic acid groups (broad SMARTS) is 1. The molecule has 0 aromatic heterocycles. The number of ether oxygens (including phenoxy) is 2. The monoisotopic (exact) mass is 275 g/mol. The van der Waals surface area contributed by atoms with Gasteiger partial charge in [-0.25, -0.2) is 0 Å². The van der Waals surface area contributed by atoms with Crippen molar-refractivity contribution in [3.8, 4) is 11.8 Å². The maximum absolute atomic E-state index is 11.1. The lowest BCUT2D eigenvalue weighted by Gasteiger charge is -2.12. The molecule has 0 aliphatic carbocycles. The fourth-order valence-electron chi connectivity index (χ4n) is 1.95. The van der Waals surface area contributed by atoms with Gasteiger partial charge in [-0.05, 0) is 30.5 Å². The smallest absolute Gasteiger partial charge is 0.306 e. The maximum atomic E-state index is 11.1. The Morgan fingerprint density at radius 2 is 2.40 bits per heavy atom. The Hall–Kier alpha value is -2.06. The molecule has 20 heavy (non-hydrogen) atoms. The number of aliphatic carboxylic acids is 1. The van der Waals surface area contributed by atoms with Gasteiger partial charge in [0.05, 0.1) is 24.2 Å². The molecule has 0 spiro atoms. The molecule has 0 amide bonds. The number of hydrogen-bond donors (Lipinski definition) is 1. The third kappa shape index (κ3) is 3.72. The maximum Gasteiger partial charge on any atom is 0.306 e. The number of nitrogens with zero attached hydrogens (tertiary/aromatic N) is 1. The first-order valence-corrected chi connectivity index (χ1v) is 6.64. The van der Waals surface area contributed by atoms with Crippen LogP contribution in [0, 0.1) is 17.2 Å². The summed E-state index contributed by atoms with van der Waals surface area (Å²) in [5, 5.41) is 18.3. The van der Waals surface area contributed by atoms with Gasteiger partial charge >= 0.3 is 5.97 Å². The van der Waals surface area contributed by atoms with Gasteiger partial charge in [0.1, 0.15) is 18.5 Å². The van der Waals surface area contributed by atoms with Gasteiger partial charge in [0.15, 0.2) is 0 Å². The lowest BCUT2D eigenvalue weighted by molar-refractivity contribution is -0.141. The van der Waals surface area contributed by atoms with Crippen LogP contribution in [0.25, 0.3) is 0 Å². The van der Waals surface area contributed by atoms with Crippen molar-refractivity contribution in [1.29, 1.82) is 5.26 Å². The fraction of sp³-hybridized carbons (Fsp3) is 0.467. The second-order valence-electron chi connectivity index (χ2n) is 4.84. The van der Waals surface area contributed by atoms with E-state index >= 15 is 0 Å². The summed E-state index contributed by atoms with van der Waals surface area (Å²) in [5.74, 6) is -0.680. The van der Waals surface area contributed by atoms with E-state index in [0.29, 0.717) is 30.8 Å². The van der Waals surface area contributed by atoms with Crippen molar-refractivity contribution in [2.75, 3.05) is 13.2 Å². The zero-order chi connectivity index (χ0) is 14.5. The predicted molar refractivity (Wildman–Crippen MR) is 71.5 cm³/mol. The van der Waals surface area contributed by atoms with Crippen LogP contribution >= 0.6 is 0 Å². The summed E-state index contributed by atoms with van der Waals surface area (Å²) in [7, 11) is 0. The van der Waals surface area contributed by atoms with Crippen molar-refractivity contribution in [2.45, 2.75) is 25.9 Å². The molecule has 0 radical (unpaired) electrons. The fourth-order valence-corrected chi connectivity index (χ4v) is 1.95. The highest BCUT2D eigenvalue weighted by atomic mass is 16.6. The van der Waals surface area contributed by atoms with Crippen LogP contribution in [0.15, 0.2) is 18.2 Å². The number of carbonyl (C=O) groups is 1. The predicted octanol–water partition coefficient (Wildman–Crippen LogP) is 1.99. The molecule has 5 nitrogen and oxygen atoms in total. The first kappa shape index (κ1) is 14.4. The van der Waals surface area contributed by atoms with Crippen molar-refractivity contribution < 1.29 is 19.4 Å². The first-order chi connectivity index (χ1) is 9.63. The van der Waals surface area contributed by atoms with Crippen molar-refractivity contribution in [3.05, 3.63) is 29.3 Å². The normalized spacial score (nSPS) is 18.1. The molecular formula is C15H17NO4. The Morgan fingerprint density at radius 3 is 2.95 bits per heavy atom. The molecule has 0 bridgehead atoms. The van der Waals surface area contributed by atoms with Crippen molar-refractivity contribution in [3.63, 3.8) is 0 Å². The molecule has 1 aromatic rings. The Balaban J connectivity index is 2.08. The minimum Gasteiger partial charge on any atom is -0.491 e. The standard InChI is InChI=1S/C15H17NO4/c1-2-10(15(17)18)5-11-3-4-13(6-12(11)7-16)19-8-14-9-20-14/h3-4,6,10,14H,2,5,8-9H2,1H3,(H,17,18)/t10?,14-/m0/s1. The molecule has 0 saturated carbocycles. The average molecular weight is 275 g/mol. The lowest BCUT2D eigenvalue weighted by Crippen LogP contribution is -2.16. The highest BCUT2D eigenvalue weighted by Gasteiger charge is 2.23. The van der Waals surface area contributed by atoms with Crippen LogP contribution in [-0.2, 0) is 16.0 Å². The number of epoxide rings is 1. The molecule has 1 aliphatic rings. The minimum atomic E-state index is -0.831. The SMILES string of the molecule is CCC(Cc1ccc(OC[C@H]2CO2)cc1C#N)C(=O)O. The second kappa shape index (κ2) is 6.40. The zero-order valence-corrected chi connectivity index (χ0v) is 11.3. The van der Waals surface area contributed by atoms with E-state index in [1.807, 2.05) is 6.92 Å². The van der Waals surface area contributed by atoms with E-state index in [1.54, 1.807) is 18.2 Å². The molecule has 1 aromatic carbocycles. The Bertz CT molecular complexity index is 531. The van der Waals surface area contributed by atoms with Gasteiger partial charge in [-0.3, -0.25) is 4.79 Å². The van der Waals surface area contributed by atoms with E-state index in [0.717, 1.165) is 12.2 Å². The van der Waals surface area contributed by atoms with Crippen molar-refractivity contribution >= 4 is 5.97 Å². The van der Waals surface area contributed by atoms with E-state index in [2.05, 4.69) is 6.07 Å². The largest absolute Gasteiger partial charge is 0.491 e. The van der Waals surface area contributed by atoms with Gasteiger partial charge in [-0.2, -0.15) is 5.26 Å². The summed E-state index contributed by atoms with van der Waals surface area (Å²) < 4.78 is 10.6. The highest BCUT2D eigenvalue weighted by molar-refractivity contribution is 5.70. The Morgan fingerprint density at radius 1 is 1.65 bits per heavy atom. The Kier molecular flexibility index (Phi) is 4.59. The van der Waals surface area contributed by atoms with Crippen LogP contribution < -0.4 is 4.74 Å². The third-order valence-electron chi connectivity index (χ3n) is 3.35. The quantitative estimate of drug-likeness (QED) is 0.769. The summed E-state index contributed by atoms with van der Waals surface area (Å²) in [6, 6.07) is 7.30. The number of nitriles is 1. The summed E-state index contributed by atoms with van der Waals surface area (Å²) in [4.78, 5) is 11.1. The number of carboxylic acids is 1. The van der Waals surface area contributed by atoms with E-state index in [9.17, 15) is 10.1 Å². The van der Waals surface area contributed by atoms with Gasteiger partial charge in [0.2, 0.25) is 0 Å². The molecule has 1 heterocycles. The van der Waals surface area contributed by atoms with E-state index in [-0.39, 0.29) is 6.10 Å². The van der Waals surface area contributed by atoms with Crippen LogP contribution in [0.5, 0.6) is 5.75 Å². The molecule has 2 atom stereocenters.